The molecule has 0 heterocycles. The zero-order chi connectivity index (χ0) is 14.7. The normalized spacial score (nSPS) is 11.9. The maximum Gasteiger partial charge on any atom is 0.0819 e. The number of hydrogen-bond donors (Lipinski definition) is 1. The van der Waals surface area contributed by atoms with Gasteiger partial charge in [0, 0.05) is 0 Å². The minimum Gasteiger partial charge on any atom is -0.252 e. The average molecular weight is 282 g/mol. The Kier molecular flexibility index (Phi) is 17.8. The van der Waals surface area contributed by atoms with Crippen LogP contribution in [0.25, 0.3) is 0 Å². The Bertz CT molecular complexity index is 221. The molecular weight excluding hydrogens is 248 g/mol. The van der Waals surface area contributed by atoms with E-state index in [-0.39, 0.29) is 0 Å². The largest absolute Gasteiger partial charge is 0.252 e. The summed E-state index contributed by atoms with van der Waals surface area (Å²) in [5.41, 5.74) is 0. The zero-order valence-electron chi connectivity index (χ0n) is 13.4. The summed E-state index contributed by atoms with van der Waals surface area (Å²) >= 11 is 0. The van der Waals surface area contributed by atoms with Gasteiger partial charge in [-0.15, -0.1) is 0 Å². The number of rotatable bonds is 15. The van der Waals surface area contributed by atoms with Gasteiger partial charge in [-0.25, -0.2) is 4.89 Å². The first-order valence-corrected chi connectivity index (χ1v) is 8.48. The van der Waals surface area contributed by atoms with Crippen LogP contribution in [-0.2, 0) is 4.89 Å². The van der Waals surface area contributed by atoms with E-state index in [1.54, 1.807) is 0 Å². The van der Waals surface area contributed by atoms with Crippen molar-refractivity contribution in [2.45, 2.75) is 84.0 Å². The van der Waals surface area contributed by atoms with Gasteiger partial charge in [-0.2, -0.15) is 0 Å². The Morgan fingerprint density at radius 1 is 0.700 bits per heavy atom. The Morgan fingerprint density at radius 3 is 1.85 bits per heavy atom. The molecule has 0 atom stereocenters. The molecule has 0 aliphatic heterocycles. The SMILES string of the molecule is CCCCC/C=C\C/C=C\CCCCCCCCOO. The third-order valence-electron chi connectivity index (χ3n) is 3.44. The highest BCUT2D eigenvalue weighted by Gasteiger charge is 1.90. The van der Waals surface area contributed by atoms with E-state index in [0.29, 0.717) is 6.61 Å². The molecule has 0 radical (unpaired) electrons. The summed E-state index contributed by atoms with van der Waals surface area (Å²) in [6, 6.07) is 0. The van der Waals surface area contributed by atoms with Gasteiger partial charge in [0.2, 0.25) is 0 Å². The zero-order valence-corrected chi connectivity index (χ0v) is 13.4. The quantitative estimate of drug-likeness (QED) is 0.165. The molecule has 0 aromatic heterocycles. The first kappa shape index (κ1) is 19.4. The highest BCUT2D eigenvalue weighted by atomic mass is 17.1. The van der Waals surface area contributed by atoms with E-state index in [1.807, 2.05) is 0 Å². The van der Waals surface area contributed by atoms with Crippen molar-refractivity contribution in [1.29, 1.82) is 0 Å². The maximum absolute atomic E-state index is 8.17. The monoisotopic (exact) mass is 282 g/mol. The van der Waals surface area contributed by atoms with E-state index in [4.69, 9.17) is 5.26 Å². The van der Waals surface area contributed by atoms with Crippen LogP contribution in [-0.4, -0.2) is 11.9 Å². The topological polar surface area (TPSA) is 29.5 Å². The molecule has 0 aliphatic carbocycles. The fourth-order valence-electron chi connectivity index (χ4n) is 2.15. The van der Waals surface area contributed by atoms with Crippen molar-refractivity contribution in [3.63, 3.8) is 0 Å². The second-order valence-electron chi connectivity index (χ2n) is 5.42. The first-order valence-electron chi connectivity index (χ1n) is 8.48. The number of unbranched alkanes of at least 4 members (excludes halogenated alkanes) is 9. The van der Waals surface area contributed by atoms with E-state index >= 15 is 0 Å². The van der Waals surface area contributed by atoms with Crippen molar-refractivity contribution in [1.82, 2.24) is 0 Å². The molecular formula is C18H34O2. The van der Waals surface area contributed by atoms with E-state index < -0.39 is 0 Å². The molecule has 0 aliphatic rings. The number of allylic oxidation sites excluding steroid dienone is 4. The van der Waals surface area contributed by atoms with Crippen LogP contribution in [0.5, 0.6) is 0 Å². The van der Waals surface area contributed by atoms with Gasteiger partial charge in [-0.05, 0) is 38.5 Å². The highest BCUT2D eigenvalue weighted by Crippen LogP contribution is 2.08. The molecule has 0 bridgehead atoms. The lowest BCUT2D eigenvalue weighted by molar-refractivity contribution is -0.242. The molecule has 0 saturated carbocycles. The predicted octanol–water partition coefficient (Wildman–Crippen LogP) is 6.29. The Hall–Kier alpha value is -0.600. The van der Waals surface area contributed by atoms with Crippen LogP contribution in [0.4, 0.5) is 0 Å². The molecule has 0 amide bonds. The van der Waals surface area contributed by atoms with E-state index in [0.717, 1.165) is 12.8 Å². The summed E-state index contributed by atoms with van der Waals surface area (Å²) < 4.78 is 0. The van der Waals surface area contributed by atoms with Crippen LogP contribution < -0.4 is 0 Å². The van der Waals surface area contributed by atoms with E-state index in [2.05, 4.69) is 36.1 Å². The Balaban J connectivity index is 3.12. The molecule has 2 heteroatoms. The van der Waals surface area contributed by atoms with Crippen LogP contribution in [0.1, 0.15) is 84.0 Å². The van der Waals surface area contributed by atoms with Crippen molar-refractivity contribution >= 4 is 0 Å². The van der Waals surface area contributed by atoms with E-state index in [9.17, 15) is 0 Å². The summed E-state index contributed by atoms with van der Waals surface area (Å²) in [4.78, 5) is 4.05. The maximum atomic E-state index is 8.17. The van der Waals surface area contributed by atoms with E-state index in [1.165, 1.54) is 64.2 Å². The van der Waals surface area contributed by atoms with Crippen LogP contribution in [0.2, 0.25) is 0 Å². The smallest absolute Gasteiger partial charge is 0.0819 e. The van der Waals surface area contributed by atoms with Gasteiger partial charge in [-0.3, -0.25) is 5.26 Å². The summed E-state index contributed by atoms with van der Waals surface area (Å²) in [6.07, 6.45) is 24.1. The van der Waals surface area contributed by atoms with Crippen molar-refractivity contribution in [2.24, 2.45) is 0 Å². The fraction of sp³-hybridized carbons (Fsp3) is 0.778. The van der Waals surface area contributed by atoms with Crippen molar-refractivity contribution < 1.29 is 10.1 Å². The van der Waals surface area contributed by atoms with Gasteiger partial charge in [-0.1, -0.05) is 69.8 Å². The third-order valence-corrected chi connectivity index (χ3v) is 3.44. The minimum absolute atomic E-state index is 0.481. The van der Waals surface area contributed by atoms with Gasteiger partial charge in [0.05, 0.1) is 6.61 Å². The Morgan fingerprint density at radius 2 is 1.25 bits per heavy atom. The lowest BCUT2D eigenvalue weighted by Gasteiger charge is -1.99. The second kappa shape index (κ2) is 18.4. The third kappa shape index (κ3) is 17.4. The van der Waals surface area contributed by atoms with Crippen molar-refractivity contribution in [3.05, 3.63) is 24.3 Å². The molecule has 1 N–H and O–H groups in total. The highest BCUT2D eigenvalue weighted by molar-refractivity contribution is 4.92. The molecule has 0 saturated heterocycles. The van der Waals surface area contributed by atoms with Crippen molar-refractivity contribution in [3.8, 4) is 0 Å². The summed E-state index contributed by atoms with van der Waals surface area (Å²) in [6.45, 7) is 2.73. The fourth-order valence-corrected chi connectivity index (χ4v) is 2.15. The van der Waals surface area contributed by atoms with Crippen LogP contribution in [0.15, 0.2) is 24.3 Å². The van der Waals surface area contributed by atoms with Crippen LogP contribution in [0, 0.1) is 0 Å². The number of hydrogen-bond acceptors (Lipinski definition) is 2. The predicted molar refractivity (Wildman–Crippen MR) is 87.9 cm³/mol. The standard InChI is InChI=1S/C18H34O2/c1-2-3-4-5-6-7-8-9-10-11-12-13-14-15-16-17-18-20-19/h6-7,9-10,19H,2-5,8,11-18H2,1H3/b7-6-,10-9-. The van der Waals surface area contributed by atoms with Crippen LogP contribution in [0.3, 0.4) is 0 Å². The molecule has 2 nitrogen and oxygen atoms in total. The van der Waals surface area contributed by atoms with Crippen molar-refractivity contribution in [2.75, 3.05) is 6.61 Å². The first-order chi connectivity index (χ1) is 9.91. The lowest BCUT2D eigenvalue weighted by Crippen LogP contribution is -1.88. The van der Waals surface area contributed by atoms with Gasteiger partial charge in [0.25, 0.3) is 0 Å². The molecule has 118 valence electrons. The van der Waals surface area contributed by atoms with Gasteiger partial charge in [0.1, 0.15) is 0 Å². The molecule has 0 aromatic carbocycles. The molecule has 0 spiro atoms. The molecule has 0 aromatic rings. The molecule has 0 rings (SSSR count). The summed E-state index contributed by atoms with van der Waals surface area (Å²) in [5, 5.41) is 8.17. The second-order valence-corrected chi connectivity index (χ2v) is 5.42. The molecule has 0 unspecified atom stereocenters. The molecule has 20 heavy (non-hydrogen) atoms. The lowest BCUT2D eigenvalue weighted by atomic mass is 10.1. The minimum atomic E-state index is 0.481. The average Bonchev–Trinajstić information content (AvgIpc) is 2.47. The summed E-state index contributed by atoms with van der Waals surface area (Å²) in [7, 11) is 0. The Labute approximate surface area is 125 Å². The van der Waals surface area contributed by atoms with Gasteiger partial charge in [0.15, 0.2) is 0 Å². The van der Waals surface area contributed by atoms with Gasteiger partial charge >= 0.3 is 0 Å². The molecule has 0 fully saturated rings. The summed E-state index contributed by atoms with van der Waals surface area (Å²) in [5.74, 6) is 0. The van der Waals surface area contributed by atoms with Crippen LogP contribution >= 0.6 is 0 Å². The van der Waals surface area contributed by atoms with Gasteiger partial charge < -0.3 is 0 Å².